The van der Waals surface area contributed by atoms with Crippen molar-refractivity contribution in [1.82, 2.24) is 25.5 Å². The summed E-state index contributed by atoms with van der Waals surface area (Å²) in [7, 11) is 0. The molecule has 0 aliphatic carbocycles. The van der Waals surface area contributed by atoms with Crippen LogP contribution in [0.5, 0.6) is 0 Å². The molecule has 96 valence electrons. The molecule has 18 heavy (non-hydrogen) atoms. The maximum atomic E-state index is 4.55. The zero-order chi connectivity index (χ0) is 12.5. The molecule has 7 heteroatoms. The molecule has 2 aromatic rings. The van der Waals surface area contributed by atoms with Crippen molar-refractivity contribution in [2.24, 2.45) is 0 Å². The van der Waals surface area contributed by atoms with Crippen LogP contribution in [0.3, 0.4) is 0 Å². The van der Waals surface area contributed by atoms with Crippen LogP contribution in [0.2, 0.25) is 0 Å². The predicted molar refractivity (Wildman–Crippen MR) is 71.9 cm³/mol. The van der Waals surface area contributed by atoms with E-state index in [0.717, 1.165) is 41.3 Å². The summed E-state index contributed by atoms with van der Waals surface area (Å²) in [5, 5.41) is 11.7. The lowest BCUT2D eigenvalue weighted by Crippen LogP contribution is -2.49. The minimum Gasteiger partial charge on any atom is -0.337 e. The molecule has 0 aromatic carbocycles. The van der Waals surface area contributed by atoms with Crippen molar-refractivity contribution in [2.45, 2.75) is 19.9 Å². The van der Waals surface area contributed by atoms with Crippen molar-refractivity contribution in [3.05, 3.63) is 11.2 Å². The van der Waals surface area contributed by atoms with E-state index >= 15 is 0 Å². The van der Waals surface area contributed by atoms with Crippen LogP contribution in [0, 0.1) is 6.92 Å². The van der Waals surface area contributed by atoms with Crippen LogP contribution in [-0.2, 0) is 0 Å². The SMILES string of the molecule is Cc1ncc(-c2nc(N3CCN[C@H](C)C3)n[nH]2)s1. The molecule has 0 amide bonds. The van der Waals surface area contributed by atoms with Gasteiger partial charge in [-0.25, -0.2) is 4.98 Å². The van der Waals surface area contributed by atoms with Crippen LogP contribution in [0.25, 0.3) is 10.7 Å². The van der Waals surface area contributed by atoms with E-state index < -0.39 is 0 Å². The van der Waals surface area contributed by atoms with Crippen LogP contribution in [0.4, 0.5) is 5.95 Å². The van der Waals surface area contributed by atoms with E-state index in [1.54, 1.807) is 11.3 Å². The quantitative estimate of drug-likeness (QED) is 0.848. The van der Waals surface area contributed by atoms with Gasteiger partial charge in [0.15, 0.2) is 5.82 Å². The van der Waals surface area contributed by atoms with Gasteiger partial charge in [0.05, 0.1) is 9.88 Å². The summed E-state index contributed by atoms with van der Waals surface area (Å²) in [6, 6.07) is 0.478. The third kappa shape index (κ3) is 2.23. The van der Waals surface area contributed by atoms with Crippen LogP contribution >= 0.6 is 11.3 Å². The van der Waals surface area contributed by atoms with Gasteiger partial charge in [0.2, 0.25) is 5.95 Å². The number of nitrogens with zero attached hydrogens (tertiary/aromatic N) is 4. The first-order valence-corrected chi connectivity index (χ1v) is 6.87. The van der Waals surface area contributed by atoms with Crippen LogP contribution in [0.15, 0.2) is 6.20 Å². The molecule has 0 unspecified atom stereocenters. The largest absolute Gasteiger partial charge is 0.337 e. The highest BCUT2D eigenvalue weighted by atomic mass is 32.1. The van der Waals surface area contributed by atoms with E-state index in [9.17, 15) is 0 Å². The van der Waals surface area contributed by atoms with Crippen molar-refractivity contribution in [2.75, 3.05) is 24.5 Å². The lowest BCUT2D eigenvalue weighted by atomic mass is 10.2. The average Bonchev–Trinajstić information content (AvgIpc) is 2.97. The van der Waals surface area contributed by atoms with E-state index in [2.05, 4.69) is 37.3 Å². The summed E-state index contributed by atoms with van der Waals surface area (Å²) in [5.74, 6) is 1.59. The molecular weight excluding hydrogens is 248 g/mol. The highest BCUT2D eigenvalue weighted by Gasteiger charge is 2.19. The smallest absolute Gasteiger partial charge is 0.245 e. The van der Waals surface area contributed by atoms with Gasteiger partial charge in [0.25, 0.3) is 0 Å². The van der Waals surface area contributed by atoms with Crippen LogP contribution in [-0.4, -0.2) is 45.8 Å². The average molecular weight is 264 g/mol. The van der Waals surface area contributed by atoms with Crippen LogP contribution in [0.1, 0.15) is 11.9 Å². The van der Waals surface area contributed by atoms with Crippen molar-refractivity contribution < 1.29 is 0 Å². The number of thiazole rings is 1. The number of anilines is 1. The summed E-state index contributed by atoms with van der Waals surface area (Å²) >= 11 is 1.63. The Bertz CT molecular complexity index is 533. The summed E-state index contributed by atoms with van der Waals surface area (Å²) in [6.07, 6.45) is 1.84. The molecule has 0 bridgehead atoms. The van der Waals surface area contributed by atoms with Crippen molar-refractivity contribution in [1.29, 1.82) is 0 Å². The van der Waals surface area contributed by atoms with Gasteiger partial charge >= 0.3 is 0 Å². The fourth-order valence-electron chi connectivity index (χ4n) is 2.09. The molecule has 6 nitrogen and oxygen atoms in total. The van der Waals surface area contributed by atoms with Gasteiger partial charge in [0.1, 0.15) is 0 Å². The van der Waals surface area contributed by atoms with Crippen LogP contribution < -0.4 is 10.2 Å². The molecule has 0 radical (unpaired) electrons. The first kappa shape index (κ1) is 11.6. The minimum absolute atomic E-state index is 0.478. The summed E-state index contributed by atoms with van der Waals surface area (Å²) < 4.78 is 0. The maximum absolute atomic E-state index is 4.55. The number of H-pyrrole nitrogens is 1. The maximum Gasteiger partial charge on any atom is 0.245 e. The second-order valence-electron chi connectivity index (χ2n) is 4.53. The first-order chi connectivity index (χ1) is 8.72. The third-order valence-electron chi connectivity index (χ3n) is 2.98. The second-order valence-corrected chi connectivity index (χ2v) is 5.76. The van der Waals surface area contributed by atoms with Crippen molar-refractivity contribution in [3.8, 4) is 10.7 Å². The Hall–Kier alpha value is -1.47. The molecule has 1 saturated heterocycles. The first-order valence-electron chi connectivity index (χ1n) is 6.06. The standard InChI is InChI=1S/C11H16N6S/c1-7-6-17(4-3-12-7)11-14-10(15-16-11)9-5-13-8(2)18-9/h5,7,12H,3-4,6H2,1-2H3,(H,14,15,16)/t7-/m1/s1. The fraction of sp³-hybridized carbons (Fsp3) is 0.545. The number of nitrogens with one attached hydrogen (secondary N) is 2. The van der Waals surface area contributed by atoms with Gasteiger partial charge in [-0.15, -0.1) is 16.4 Å². The zero-order valence-electron chi connectivity index (χ0n) is 10.5. The second kappa shape index (κ2) is 4.66. The Morgan fingerprint density at radius 1 is 1.50 bits per heavy atom. The monoisotopic (exact) mass is 264 g/mol. The zero-order valence-corrected chi connectivity index (χ0v) is 11.3. The Labute approximate surface area is 109 Å². The molecule has 1 atom stereocenters. The molecule has 0 saturated carbocycles. The Balaban J connectivity index is 1.80. The summed E-state index contributed by atoms with van der Waals surface area (Å²) in [4.78, 5) is 12.0. The van der Waals surface area contributed by atoms with E-state index in [1.807, 2.05) is 13.1 Å². The summed E-state index contributed by atoms with van der Waals surface area (Å²) in [5.41, 5.74) is 0. The normalized spacial score (nSPS) is 20.3. The van der Waals surface area contributed by atoms with Gasteiger partial charge in [-0.05, 0) is 13.8 Å². The van der Waals surface area contributed by atoms with Gasteiger partial charge in [-0.2, -0.15) is 4.98 Å². The van der Waals surface area contributed by atoms with Gasteiger partial charge in [-0.3, -0.25) is 5.10 Å². The number of hydrogen-bond donors (Lipinski definition) is 2. The van der Waals surface area contributed by atoms with E-state index in [-0.39, 0.29) is 0 Å². The lowest BCUT2D eigenvalue weighted by molar-refractivity contribution is 0.480. The van der Waals surface area contributed by atoms with E-state index in [4.69, 9.17) is 0 Å². The van der Waals surface area contributed by atoms with E-state index in [1.165, 1.54) is 0 Å². The number of aromatic nitrogens is 4. The topological polar surface area (TPSA) is 69.7 Å². The number of aromatic amines is 1. The number of aryl methyl sites for hydroxylation is 1. The Kier molecular flexibility index (Phi) is 3.00. The van der Waals surface area contributed by atoms with Crippen molar-refractivity contribution >= 4 is 17.3 Å². The highest BCUT2D eigenvalue weighted by molar-refractivity contribution is 7.14. The molecule has 2 N–H and O–H groups in total. The molecule has 1 fully saturated rings. The molecule has 0 spiro atoms. The summed E-state index contributed by atoms with van der Waals surface area (Å²) in [6.45, 7) is 7.03. The molecule has 2 aromatic heterocycles. The third-order valence-corrected chi connectivity index (χ3v) is 3.90. The predicted octanol–water partition coefficient (Wildman–Crippen LogP) is 1.03. The number of rotatable bonds is 2. The number of piperazine rings is 1. The number of hydrogen-bond acceptors (Lipinski definition) is 6. The van der Waals surface area contributed by atoms with Gasteiger partial charge in [-0.1, -0.05) is 0 Å². The Morgan fingerprint density at radius 3 is 3.11 bits per heavy atom. The molecule has 1 aliphatic heterocycles. The fourth-order valence-corrected chi connectivity index (χ4v) is 2.81. The highest BCUT2D eigenvalue weighted by Crippen LogP contribution is 2.23. The molecular formula is C11H16N6S. The molecule has 1 aliphatic rings. The van der Waals surface area contributed by atoms with Gasteiger partial charge < -0.3 is 10.2 Å². The molecule has 3 rings (SSSR count). The minimum atomic E-state index is 0.478. The Morgan fingerprint density at radius 2 is 2.39 bits per heavy atom. The molecule has 3 heterocycles. The van der Waals surface area contributed by atoms with Crippen molar-refractivity contribution in [3.63, 3.8) is 0 Å². The van der Waals surface area contributed by atoms with E-state index in [0.29, 0.717) is 6.04 Å². The van der Waals surface area contributed by atoms with Gasteiger partial charge in [0, 0.05) is 31.9 Å². The lowest BCUT2D eigenvalue weighted by Gasteiger charge is -2.30.